The molecule has 6 heteroatoms. The summed E-state index contributed by atoms with van der Waals surface area (Å²) in [6.45, 7) is 8.11. The molecule has 0 radical (unpaired) electrons. The third kappa shape index (κ3) is 2.93. The third-order valence-electron chi connectivity index (χ3n) is 5.83. The van der Waals surface area contributed by atoms with E-state index in [0.717, 1.165) is 43.7 Å². The summed E-state index contributed by atoms with van der Waals surface area (Å²) in [5.74, 6) is 1.78. The Labute approximate surface area is 153 Å². The lowest BCUT2D eigenvalue weighted by atomic mass is 9.66. The molecule has 3 saturated heterocycles. The van der Waals surface area contributed by atoms with Crippen LogP contribution in [-0.2, 0) is 0 Å². The molecule has 2 bridgehead atoms. The van der Waals surface area contributed by atoms with Crippen molar-refractivity contribution >= 4 is 0 Å². The normalized spacial score (nSPS) is 30.3. The molecule has 26 heavy (non-hydrogen) atoms. The molecular weight excluding hydrogens is 330 g/mol. The van der Waals surface area contributed by atoms with Crippen molar-refractivity contribution in [1.82, 2.24) is 15.0 Å². The molecular formula is C20H25N3O3. The highest BCUT2D eigenvalue weighted by Crippen LogP contribution is 2.45. The lowest BCUT2D eigenvalue weighted by Gasteiger charge is -2.55. The average molecular weight is 355 g/mol. The molecule has 0 saturated carbocycles. The number of hydrogen-bond donors (Lipinski definition) is 1. The second-order valence-electron chi connectivity index (χ2n) is 7.36. The average Bonchev–Trinajstić information content (AvgIpc) is 3.10. The van der Waals surface area contributed by atoms with E-state index in [0.29, 0.717) is 18.3 Å². The maximum Gasteiger partial charge on any atom is 0.223 e. The summed E-state index contributed by atoms with van der Waals surface area (Å²) in [5, 5.41) is 15.0. The van der Waals surface area contributed by atoms with Crippen molar-refractivity contribution in [2.24, 2.45) is 5.41 Å². The minimum Gasteiger partial charge on any atom is -0.492 e. The molecule has 5 rings (SSSR count). The molecule has 3 aliphatic rings. The number of aryl methyl sites for hydroxylation is 1. The highest BCUT2D eigenvalue weighted by atomic mass is 16.5. The maximum atomic E-state index is 11.0. The summed E-state index contributed by atoms with van der Waals surface area (Å²) >= 11 is 0. The number of piperidine rings is 3. The molecule has 1 N–H and O–H groups in total. The van der Waals surface area contributed by atoms with Crippen LogP contribution in [0.2, 0.25) is 0 Å². The number of nitrogens with zero attached hydrogens (tertiary/aromatic N) is 3. The summed E-state index contributed by atoms with van der Waals surface area (Å²) in [4.78, 5) is 6.69. The van der Waals surface area contributed by atoms with Gasteiger partial charge < -0.3 is 14.4 Å². The van der Waals surface area contributed by atoms with Gasteiger partial charge in [-0.1, -0.05) is 23.4 Å². The number of para-hydroxylation sites is 1. The van der Waals surface area contributed by atoms with E-state index in [1.807, 2.05) is 30.3 Å². The van der Waals surface area contributed by atoms with Gasteiger partial charge in [0.15, 0.2) is 0 Å². The monoisotopic (exact) mass is 355 g/mol. The summed E-state index contributed by atoms with van der Waals surface area (Å²) in [6.07, 6.45) is 4.21. The van der Waals surface area contributed by atoms with E-state index in [-0.39, 0.29) is 11.5 Å². The van der Waals surface area contributed by atoms with Crippen molar-refractivity contribution in [3.63, 3.8) is 0 Å². The number of ether oxygens (including phenoxy) is 1. The fraction of sp³-hybridized carbons (Fsp3) is 0.500. The Balaban J connectivity index is 1.55. The SMILES string of the molecule is C=CCC1C(O)C2(COc3ccccc3-c3noc(C)n3)CCN1CC2. The number of rotatable bonds is 6. The van der Waals surface area contributed by atoms with Crippen LogP contribution in [0, 0.1) is 12.3 Å². The lowest BCUT2D eigenvalue weighted by molar-refractivity contribution is -0.146. The first-order chi connectivity index (χ1) is 12.6. The first-order valence-electron chi connectivity index (χ1n) is 9.18. The molecule has 2 aromatic rings. The minimum atomic E-state index is -0.400. The zero-order valence-corrected chi connectivity index (χ0v) is 15.1. The predicted octanol–water partition coefficient (Wildman–Crippen LogP) is 2.83. The molecule has 1 aromatic carbocycles. The van der Waals surface area contributed by atoms with Crippen molar-refractivity contribution in [1.29, 1.82) is 0 Å². The Hall–Kier alpha value is -2.18. The number of aliphatic hydroxyl groups excluding tert-OH is 1. The van der Waals surface area contributed by atoms with E-state index in [2.05, 4.69) is 21.6 Å². The molecule has 3 fully saturated rings. The van der Waals surface area contributed by atoms with Gasteiger partial charge in [0.1, 0.15) is 5.75 Å². The van der Waals surface area contributed by atoms with Gasteiger partial charge in [0.2, 0.25) is 11.7 Å². The first kappa shape index (κ1) is 17.2. The van der Waals surface area contributed by atoms with Gasteiger partial charge in [0.05, 0.1) is 18.3 Å². The van der Waals surface area contributed by atoms with Gasteiger partial charge in [-0.25, -0.2) is 0 Å². The molecule has 0 aliphatic carbocycles. The van der Waals surface area contributed by atoms with Crippen LogP contribution in [0.3, 0.4) is 0 Å². The summed E-state index contributed by atoms with van der Waals surface area (Å²) < 4.78 is 11.3. The fourth-order valence-electron chi connectivity index (χ4n) is 4.29. The molecule has 4 heterocycles. The largest absolute Gasteiger partial charge is 0.492 e. The van der Waals surface area contributed by atoms with Crippen LogP contribution in [0.15, 0.2) is 41.4 Å². The first-order valence-corrected chi connectivity index (χ1v) is 9.18. The van der Waals surface area contributed by atoms with E-state index in [9.17, 15) is 5.11 Å². The number of benzene rings is 1. The van der Waals surface area contributed by atoms with Crippen LogP contribution in [0.4, 0.5) is 0 Å². The zero-order valence-electron chi connectivity index (χ0n) is 15.1. The van der Waals surface area contributed by atoms with Crippen LogP contribution in [-0.4, -0.2) is 52.0 Å². The van der Waals surface area contributed by atoms with Crippen LogP contribution >= 0.6 is 0 Å². The molecule has 138 valence electrons. The van der Waals surface area contributed by atoms with E-state index < -0.39 is 6.10 Å². The molecule has 2 atom stereocenters. The molecule has 0 spiro atoms. The van der Waals surface area contributed by atoms with E-state index in [1.165, 1.54) is 0 Å². The number of aliphatic hydroxyl groups is 1. The topological polar surface area (TPSA) is 71.6 Å². The zero-order chi connectivity index (χ0) is 18.1. The van der Waals surface area contributed by atoms with E-state index in [1.54, 1.807) is 6.92 Å². The van der Waals surface area contributed by atoms with Crippen LogP contribution in [0.25, 0.3) is 11.4 Å². The Morgan fingerprint density at radius 2 is 2.15 bits per heavy atom. The molecule has 2 unspecified atom stereocenters. The maximum absolute atomic E-state index is 11.0. The Morgan fingerprint density at radius 3 is 2.85 bits per heavy atom. The van der Waals surface area contributed by atoms with Crippen molar-refractivity contribution in [3.8, 4) is 17.1 Å². The number of fused-ring (bicyclic) bond motifs is 3. The van der Waals surface area contributed by atoms with E-state index in [4.69, 9.17) is 9.26 Å². The second kappa shape index (κ2) is 6.85. The van der Waals surface area contributed by atoms with Crippen LogP contribution < -0.4 is 4.74 Å². The van der Waals surface area contributed by atoms with Crippen LogP contribution in [0.1, 0.15) is 25.2 Å². The van der Waals surface area contributed by atoms with E-state index >= 15 is 0 Å². The highest BCUT2D eigenvalue weighted by Gasteiger charge is 2.51. The van der Waals surface area contributed by atoms with Crippen molar-refractivity contribution < 1.29 is 14.4 Å². The summed E-state index contributed by atoms with van der Waals surface area (Å²) in [7, 11) is 0. The van der Waals surface area contributed by atoms with Gasteiger partial charge in [-0.05, 0) is 44.5 Å². The summed E-state index contributed by atoms with van der Waals surface area (Å²) in [6, 6.07) is 7.86. The van der Waals surface area contributed by atoms with Gasteiger partial charge in [-0.2, -0.15) is 4.98 Å². The highest BCUT2D eigenvalue weighted by molar-refractivity contribution is 5.63. The minimum absolute atomic E-state index is 0.147. The Kier molecular flexibility index (Phi) is 4.54. The van der Waals surface area contributed by atoms with Crippen molar-refractivity contribution in [3.05, 3.63) is 42.8 Å². The van der Waals surface area contributed by atoms with Gasteiger partial charge >= 0.3 is 0 Å². The van der Waals surface area contributed by atoms with Gasteiger partial charge in [0.25, 0.3) is 0 Å². The number of aromatic nitrogens is 2. The quantitative estimate of drug-likeness (QED) is 0.804. The Morgan fingerprint density at radius 1 is 1.38 bits per heavy atom. The van der Waals surface area contributed by atoms with Crippen molar-refractivity contribution in [2.75, 3.05) is 19.7 Å². The Bertz CT molecular complexity index is 780. The van der Waals surface area contributed by atoms with Gasteiger partial charge in [-0.3, -0.25) is 4.90 Å². The summed E-state index contributed by atoms with van der Waals surface area (Å²) in [5.41, 5.74) is 0.606. The van der Waals surface area contributed by atoms with Gasteiger partial charge in [-0.15, -0.1) is 6.58 Å². The fourth-order valence-corrected chi connectivity index (χ4v) is 4.29. The second-order valence-corrected chi connectivity index (χ2v) is 7.36. The van der Waals surface area contributed by atoms with Gasteiger partial charge in [0, 0.05) is 18.4 Å². The van der Waals surface area contributed by atoms with Crippen LogP contribution in [0.5, 0.6) is 5.75 Å². The predicted molar refractivity (Wildman–Crippen MR) is 97.8 cm³/mol. The smallest absolute Gasteiger partial charge is 0.223 e. The molecule has 0 amide bonds. The standard InChI is InChI=1S/C20H25N3O3/c1-3-6-16-18(24)20(9-11-23(16)12-10-20)13-25-17-8-5-4-7-15(17)19-21-14(2)26-22-19/h3-5,7-8,16,18,24H,1,6,9-13H2,2H3. The van der Waals surface area contributed by atoms with Crippen molar-refractivity contribution in [2.45, 2.75) is 38.3 Å². The third-order valence-corrected chi connectivity index (χ3v) is 5.83. The molecule has 6 nitrogen and oxygen atoms in total. The lowest BCUT2D eigenvalue weighted by Crippen LogP contribution is -2.64. The molecule has 3 aliphatic heterocycles. The number of hydrogen-bond acceptors (Lipinski definition) is 6. The molecule has 1 aromatic heterocycles.